The zero-order chi connectivity index (χ0) is 21.9. The molecule has 160 valence electrons. The van der Waals surface area contributed by atoms with Crippen molar-refractivity contribution in [1.82, 2.24) is 4.98 Å². The van der Waals surface area contributed by atoms with Crippen molar-refractivity contribution in [3.63, 3.8) is 0 Å². The van der Waals surface area contributed by atoms with Crippen molar-refractivity contribution in [2.45, 2.75) is 87.2 Å². The van der Waals surface area contributed by atoms with E-state index in [0.29, 0.717) is 12.1 Å². The maximum Gasteiger partial charge on any atom is 0.123 e. The molecule has 0 amide bonds. The van der Waals surface area contributed by atoms with Crippen LogP contribution in [0.25, 0.3) is 0 Å². The highest BCUT2D eigenvalue weighted by Crippen LogP contribution is 2.16. The largest absolute Gasteiger partial charge is 0.382 e. The van der Waals surface area contributed by atoms with Crippen molar-refractivity contribution in [2.24, 2.45) is 0 Å². The fourth-order valence-corrected chi connectivity index (χ4v) is 2.38. The Morgan fingerprint density at radius 1 is 0.857 bits per heavy atom. The molecule has 0 aliphatic carbocycles. The summed E-state index contributed by atoms with van der Waals surface area (Å²) in [6, 6.07) is 9.31. The lowest BCUT2D eigenvalue weighted by molar-refractivity contribution is 0.627. The molecule has 0 aliphatic heterocycles. The van der Waals surface area contributed by atoms with Crippen molar-refractivity contribution >= 4 is 11.4 Å². The average Bonchev–Trinajstić information content (AvgIpc) is 2.73. The average molecular weight is 392 g/mol. The molecule has 0 spiro atoms. The smallest absolute Gasteiger partial charge is 0.123 e. The van der Waals surface area contributed by atoms with Gasteiger partial charge < -0.3 is 10.6 Å². The number of rotatable bonds is 7. The van der Waals surface area contributed by atoms with Gasteiger partial charge in [-0.3, -0.25) is 4.98 Å². The Balaban J connectivity index is 0. The number of hydrogen-bond donors (Lipinski definition) is 2. The molecule has 1 atom stereocenters. The minimum atomic E-state index is -0.213. The van der Waals surface area contributed by atoms with Gasteiger partial charge in [0.2, 0.25) is 0 Å². The summed E-state index contributed by atoms with van der Waals surface area (Å²) in [5.74, 6) is -0.213. The first kappa shape index (κ1) is 28.1. The molecule has 0 fully saturated rings. The molecule has 0 bridgehead atoms. The Hall–Kier alpha value is -2.10. The van der Waals surface area contributed by atoms with Gasteiger partial charge in [0.15, 0.2) is 0 Å². The Labute approximate surface area is 173 Å². The fourth-order valence-electron chi connectivity index (χ4n) is 2.38. The van der Waals surface area contributed by atoms with Gasteiger partial charge in [-0.05, 0) is 62.6 Å². The summed E-state index contributed by atoms with van der Waals surface area (Å²) in [6.45, 7) is 18.4. The standard InChI is InChI=1S/C18H24FN3.3C2H6/c1-4-16(22-17-7-5-15(19)6-8-17)9-14-10-18(12-20-11-14)21-13(2)3;3*1-2/h5-8,10-13,16,21-22H,4,9H2,1-3H3;3*1-2H3. The molecule has 0 aliphatic rings. The normalized spacial score (nSPS) is 10.2. The molecule has 2 N–H and O–H groups in total. The van der Waals surface area contributed by atoms with Crippen molar-refractivity contribution in [3.8, 4) is 0 Å². The predicted molar refractivity (Wildman–Crippen MR) is 125 cm³/mol. The molecule has 4 heteroatoms. The van der Waals surface area contributed by atoms with Gasteiger partial charge in [-0.25, -0.2) is 4.39 Å². The van der Waals surface area contributed by atoms with E-state index < -0.39 is 0 Å². The number of pyridine rings is 1. The van der Waals surface area contributed by atoms with Gasteiger partial charge >= 0.3 is 0 Å². The number of aromatic nitrogens is 1. The molecular formula is C24H42FN3. The summed E-state index contributed by atoms with van der Waals surface area (Å²) >= 11 is 0. The minimum Gasteiger partial charge on any atom is -0.382 e. The Kier molecular flexibility index (Phi) is 18.3. The van der Waals surface area contributed by atoms with Crippen LogP contribution in [0.3, 0.4) is 0 Å². The van der Waals surface area contributed by atoms with Gasteiger partial charge in [-0.1, -0.05) is 48.5 Å². The Bertz CT molecular complexity index is 583. The molecule has 2 rings (SSSR count). The van der Waals surface area contributed by atoms with Crippen LogP contribution in [0.1, 0.15) is 74.3 Å². The number of hydrogen-bond acceptors (Lipinski definition) is 3. The SMILES string of the molecule is CC.CC.CC.CCC(Cc1cncc(NC(C)C)c1)Nc1ccc(F)cc1. The van der Waals surface area contributed by atoms with Gasteiger partial charge in [0.25, 0.3) is 0 Å². The monoisotopic (exact) mass is 391 g/mol. The van der Waals surface area contributed by atoms with E-state index in [1.54, 1.807) is 12.1 Å². The minimum absolute atomic E-state index is 0.213. The lowest BCUT2D eigenvalue weighted by atomic mass is 10.0. The van der Waals surface area contributed by atoms with Crippen molar-refractivity contribution in [2.75, 3.05) is 10.6 Å². The summed E-state index contributed by atoms with van der Waals surface area (Å²) in [5, 5.41) is 6.82. The van der Waals surface area contributed by atoms with Gasteiger partial charge in [0.05, 0.1) is 5.69 Å². The number of halogens is 1. The molecule has 0 saturated carbocycles. The summed E-state index contributed by atoms with van der Waals surface area (Å²) in [5.41, 5.74) is 3.17. The number of anilines is 2. The van der Waals surface area contributed by atoms with E-state index in [0.717, 1.165) is 24.2 Å². The first-order chi connectivity index (χ1) is 13.6. The van der Waals surface area contributed by atoms with Gasteiger partial charge in [-0.2, -0.15) is 0 Å². The molecule has 28 heavy (non-hydrogen) atoms. The predicted octanol–water partition coefficient (Wildman–Crippen LogP) is 7.55. The van der Waals surface area contributed by atoms with Gasteiger partial charge in [0.1, 0.15) is 5.82 Å². The second kappa shape index (κ2) is 18.3. The van der Waals surface area contributed by atoms with Crippen LogP contribution in [0.5, 0.6) is 0 Å². The van der Waals surface area contributed by atoms with E-state index >= 15 is 0 Å². The third-order valence-electron chi connectivity index (χ3n) is 3.44. The van der Waals surface area contributed by atoms with E-state index in [2.05, 4.69) is 42.5 Å². The highest BCUT2D eigenvalue weighted by molar-refractivity contribution is 5.46. The molecule has 0 saturated heterocycles. The molecule has 2 aromatic rings. The van der Waals surface area contributed by atoms with Crippen LogP contribution in [0.2, 0.25) is 0 Å². The lowest BCUT2D eigenvalue weighted by Gasteiger charge is -2.19. The summed E-state index contributed by atoms with van der Waals surface area (Å²) in [4.78, 5) is 4.30. The summed E-state index contributed by atoms with van der Waals surface area (Å²) in [6.07, 6.45) is 5.62. The molecule has 1 aromatic heterocycles. The van der Waals surface area contributed by atoms with E-state index in [9.17, 15) is 4.39 Å². The lowest BCUT2D eigenvalue weighted by Crippen LogP contribution is -2.21. The third kappa shape index (κ3) is 12.3. The highest BCUT2D eigenvalue weighted by atomic mass is 19.1. The number of nitrogens with one attached hydrogen (secondary N) is 2. The van der Waals surface area contributed by atoms with Crippen LogP contribution < -0.4 is 10.6 Å². The van der Waals surface area contributed by atoms with Crippen LogP contribution in [0, 0.1) is 5.82 Å². The maximum atomic E-state index is 13.0. The van der Waals surface area contributed by atoms with Crippen LogP contribution in [-0.4, -0.2) is 17.1 Å². The Morgan fingerprint density at radius 3 is 1.93 bits per heavy atom. The number of benzene rings is 1. The van der Waals surface area contributed by atoms with E-state index in [-0.39, 0.29) is 5.82 Å². The summed E-state index contributed by atoms with van der Waals surface area (Å²) in [7, 11) is 0. The topological polar surface area (TPSA) is 37.0 Å². The van der Waals surface area contributed by atoms with Crippen LogP contribution in [-0.2, 0) is 6.42 Å². The van der Waals surface area contributed by atoms with E-state index in [1.165, 1.54) is 17.7 Å². The first-order valence-electron chi connectivity index (χ1n) is 10.8. The maximum absolute atomic E-state index is 13.0. The Morgan fingerprint density at radius 2 is 1.43 bits per heavy atom. The van der Waals surface area contributed by atoms with E-state index in [4.69, 9.17) is 0 Å². The zero-order valence-electron chi connectivity index (χ0n) is 19.4. The second-order valence-electron chi connectivity index (χ2n) is 5.84. The second-order valence-corrected chi connectivity index (χ2v) is 5.84. The van der Waals surface area contributed by atoms with Gasteiger partial charge in [-0.15, -0.1) is 0 Å². The molecule has 3 nitrogen and oxygen atoms in total. The van der Waals surface area contributed by atoms with Crippen molar-refractivity contribution in [3.05, 3.63) is 54.1 Å². The summed E-state index contributed by atoms with van der Waals surface area (Å²) < 4.78 is 13.0. The molecule has 1 aromatic carbocycles. The third-order valence-corrected chi connectivity index (χ3v) is 3.44. The van der Waals surface area contributed by atoms with Crippen LogP contribution >= 0.6 is 0 Å². The quantitative estimate of drug-likeness (QED) is 0.511. The van der Waals surface area contributed by atoms with Gasteiger partial charge in [0, 0.05) is 30.2 Å². The van der Waals surface area contributed by atoms with Crippen LogP contribution in [0.15, 0.2) is 42.7 Å². The van der Waals surface area contributed by atoms with Crippen molar-refractivity contribution in [1.29, 1.82) is 0 Å². The zero-order valence-corrected chi connectivity index (χ0v) is 19.4. The van der Waals surface area contributed by atoms with E-state index in [1.807, 2.05) is 53.9 Å². The van der Waals surface area contributed by atoms with Crippen molar-refractivity contribution < 1.29 is 4.39 Å². The molecule has 1 unspecified atom stereocenters. The fraction of sp³-hybridized carbons (Fsp3) is 0.542. The highest BCUT2D eigenvalue weighted by Gasteiger charge is 2.09. The molecule has 1 heterocycles. The van der Waals surface area contributed by atoms with Crippen LogP contribution in [0.4, 0.5) is 15.8 Å². The molecule has 0 radical (unpaired) electrons. The molecular weight excluding hydrogens is 349 g/mol. The number of nitrogens with zero attached hydrogens (tertiary/aromatic N) is 1. The first-order valence-corrected chi connectivity index (χ1v) is 10.8.